The second-order valence-electron chi connectivity index (χ2n) is 2.89. The lowest BCUT2D eigenvalue weighted by Crippen LogP contribution is -2.30. The number of nitrogens with one attached hydrogen (secondary N) is 1. The van der Waals surface area contributed by atoms with E-state index in [0.29, 0.717) is 11.7 Å². The first-order chi connectivity index (χ1) is 6.52. The van der Waals surface area contributed by atoms with Crippen molar-refractivity contribution < 1.29 is 0 Å². The number of halogens is 1. The first kappa shape index (κ1) is 10.8. The van der Waals surface area contributed by atoms with Crippen LogP contribution in [-0.2, 0) is 0 Å². The Labute approximate surface area is 91.9 Å². The summed E-state index contributed by atoms with van der Waals surface area (Å²) in [6, 6.07) is 7.54. The van der Waals surface area contributed by atoms with E-state index in [9.17, 15) is 0 Å². The van der Waals surface area contributed by atoms with Gasteiger partial charge in [0.2, 0.25) is 0 Å². The van der Waals surface area contributed by atoms with Crippen molar-refractivity contribution in [3.05, 3.63) is 41.1 Å². The number of hydrogen-bond donors (Lipinski definition) is 2. The van der Waals surface area contributed by atoms with Crippen molar-refractivity contribution in [1.82, 2.24) is 0 Å². The monoisotopic (exact) mass is 253 g/mol. The maximum Gasteiger partial charge on any atom is 0.103 e. The zero-order chi connectivity index (χ0) is 10.7. The summed E-state index contributed by atoms with van der Waals surface area (Å²) < 4.78 is 0.992. The average Bonchev–Trinajstić information content (AvgIpc) is 2.07. The molecule has 0 spiro atoms. The zero-order valence-electron chi connectivity index (χ0n) is 7.92. The van der Waals surface area contributed by atoms with Crippen molar-refractivity contribution in [2.75, 3.05) is 4.90 Å². The molecule has 0 atom stereocenters. The van der Waals surface area contributed by atoms with Gasteiger partial charge in [0, 0.05) is 10.2 Å². The molecule has 0 unspecified atom stereocenters. The largest absolute Gasteiger partial charge is 0.385 e. The number of hydrogen-bond acceptors (Lipinski definition) is 2. The van der Waals surface area contributed by atoms with Gasteiger partial charge in [-0.3, -0.25) is 10.3 Å². The summed E-state index contributed by atoms with van der Waals surface area (Å²) in [4.78, 5) is 1.58. The van der Waals surface area contributed by atoms with Crippen LogP contribution in [0.4, 0.5) is 5.69 Å². The van der Waals surface area contributed by atoms with Crippen LogP contribution < -0.4 is 10.6 Å². The number of benzene rings is 1. The predicted molar refractivity (Wildman–Crippen MR) is 63.3 cm³/mol. The molecule has 0 aliphatic carbocycles. The SMILES string of the molecule is C=C(N)N(C(C)=N)c1ccc(Br)cc1. The van der Waals surface area contributed by atoms with Crippen LogP contribution in [0.5, 0.6) is 0 Å². The van der Waals surface area contributed by atoms with E-state index in [-0.39, 0.29) is 0 Å². The molecule has 4 heteroatoms. The molecule has 0 aromatic heterocycles. The summed E-state index contributed by atoms with van der Waals surface area (Å²) in [6.07, 6.45) is 0. The summed E-state index contributed by atoms with van der Waals surface area (Å²) in [7, 11) is 0. The Balaban J connectivity index is 3.06. The molecule has 0 heterocycles. The molecule has 0 saturated heterocycles. The van der Waals surface area contributed by atoms with Gasteiger partial charge in [0.05, 0.1) is 0 Å². The molecule has 1 aromatic rings. The van der Waals surface area contributed by atoms with Crippen molar-refractivity contribution in [2.24, 2.45) is 5.73 Å². The minimum atomic E-state index is 0.347. The number of rotatable bonds is 2. The lowest BCUT2D eigenvalue weighted by molar-refractivity contribution is 1.14. The van der Waals surface area contributed by atoms with Crippen molar-refractivity contribution in [1.29, 1.82) is 5.41 Å². The molecule has 0 aliphatic heterocycles. The first-order valence-corrected chi connectivity index (χ1v) is 4.87. The van der Waals surface area contributed by atoms with Gasteiger partial charge in [-0.1, -0.05) is 22.5 Å². The predicted octanol–water partition coefficient (Wildman–Crippen LogP) is 2.68. The van der Waals surface area contributed by atoms with Gasteiger partial charge < -0.3 is 5.73 Å². The van der Waals surface area contributed by atoms with Gasteiger partial charge in [-0.15, -0.1) is 0 Å². The molecule has 1 rings (SSSR count). The van der Waals surface area contributed by atoms with Gasteiger partial charge in [-0.05, 0) is 31.2 Å². The van der Waals surface area contributed by atoms with Crippen LogP contribution in [0.3, 0.4) is 0 Å². The second kappa shape index (κ2) is 4.28. The number of nitrogens with two attached hydrogens (primary N) is 1. The molecule has 74 valence electrons. The van der Waals surface area contributed by atoms with Gasteiger partial charge in [-0.25, -0.2) is 0 Å². The van der Waals surface area contributed by atoms with E-state index < -0.39 is 0 Å². The number of anilines is 1. The van der Waals surface area contributed by atoms with Crippen LogP contribution in [0.1, 0.15) is 6.92 Å². The van der Waals surface area contributed by atoms with Gasteiger partial charge in [0.15, 0.2) is 0 Å². The van der Waals surface area contributed by atoms with Crippen molar-refractivity contribution in [3.8, 4) is 0 Å². The smallest absolute Gasteiger partial charge is 0.103 e. The molecule has 0 amide bonds. The van der Waals surface area contributed by atoms with E-state index >= 15 is 0 Å². The van der Waals surface area contributed by atoms with Crippen LogP contribution in [-0.4, -0.2) is 5.84 Å². The minimum Gasteiger partial charge on any atom is -0.385 e. The molecule has 3 nitrogen and oxygen atoms in total. The fraction of sp³-hybridized carbons (Fsp3) is 0.100. The lowest BCUT2D eigenvalue weighted by atomic mass is 10.3. The molecule has 3 N–H and O–H groups in total. The quantitative estimate of drug-likeness (QED) is 0.629. The molecule has 1 aromatic carbocycles. The Bertz CT molecular complexity index is 342. The summed E-state index contributed by atoms with van der Waals surface area (Å²) in [5.41, 5.74) is 6.43. The Kier molecular flexibility index (Phi) is 3.30. The highest BCUT2D eigenvalue weighted by atomic mass is 79.9. The molecule has 0 bridgehead atoms. The van der Waals surface area contributed by atoms with Gasteiger partial charge in [0.25, 0.3) is 0 Å². The van der Waals surface area contributed by atoms with Crippen molar-refractivity contribution in [2.45, 2.75) is 6.92 Å². The van der Waals surface area contributed by atoms with Gasteiger partial charge in [-0.2, -0.15) is 0 Å². The fourth-order valence-corrected chi connectivity index (χ4v) is 1.43. The topological polar surface area (TPSA) is 53.1 Å². The third-order valence-corrected chi connectivity index (χ3v) is 2.24. The number of amidine groups is 1. The highest BCUT2D eigenvalue weighted by molar-refractivity contribution is 9.10. The molecule has 14 heavy (non-hydrogen) atoms. The van der Waals surface area contributed by atoms with E-state index in [0.717, 1.165) is 10.2 Å². The van der Waals surface area contributed by atoms with Crippen LogP contribution in [0, 0.1) is 5.41 Å². The second-order valence-corrected chi connectivity index (χ2v) is 3.80. The van der Waals surface area contributed by atoms with Crippen LogP contribution in [0.25, 0.3) is 0 Å². The summed E-state index contributed by atoms with van der Waals surface area (Å²) in [5.74, 6) is 0.694. The van der Waals surface area contributed by atoms with E-state index in [1.807, 2.05) is 24.3 Å². The summed E-state index contributed by atoms with van der Waals surface area (Å²) in [5, 5.41) is 7.55. The third kappa shape index (κ3) is 2.35. The Hall–Kier alpha value is -1.29. The Morgan fingerprint density at radius 2 is 1.93 bits per heavy atom. The van der Waals surface area contributed by atoms with E-state index in [1.165, 1.54) is 0 Å². The maximum absolute atomic E-state index is 7.55. The van der Waals surface area contributed by atoms with Crippen LogP contribution in [0.15, 0.2) is 41.1 Å². The first-order valence-electron chi connectivity index (χ1n) is 4.07. The highest BCUT2D eigenvalue weighted by Crippen LogP contribution is 2.20. The Morgan fingerprint density at radius 3 is 2.29 bits per heavy atom. The minimum absolute atomic E-state index is 0.347. The maximum atomic E-state index is 7.55. The molecule has 0 aliphatic rings. The fourth-order valence-electron chi connectivity index (χ4n) is 1.17. The highest BCUT2D eigenvalue weighted by Gasteiger charge is 2.09. The average molecular weight is 254 g/mol. The molecule has 0 fully saturated rings. The van der Waals surface area contributed by atoms with E-state index in [4.69, 9.17) is 11.1 Å². The van der Waals surface area contributed by atoms with Crippen molar-refractivity contribution >= 4 is 27.5 Å². The third-order valence-electron chi connectivity index (χ3n) is 1.71. The zero-order valence-corrected chi connectivity index (χ0v) is 9.51. The number of nitrogens with zero attached hydrogens (tertiary/aromatic N) is 1. The molecule has 0 radical (unpaired) electrons. The molecule has 0 saturated carbocycles. The van der Waals surface area contributed by atoms with Crippen LogP contribution >= 0.6 is 15.9 Å². The summed E-state index contributed by atoms with van der Waals surface area (Å²) >= 11 is 3.34. The molecular formula is C10H12BrN3. The van der Waals surface area contributed by atoms with Crippen LogP contribution in [0.2, 0.25) is 0 Å². The van der Waals surface area contributed by atoms with Crippen molar-refractivity contribution in [3.63, 3.8) is 0 Å². The van der Waals surface area contributed by atoms with Gasteiger partial charge >= 0.3 is 0 Å². The van der Waals surface area contributed by atoms with Gasteiger partial charge in [0.1, 0.15) is 11.7 Å². The lowest BCUT2D eigenvalue weighted by Gasteiger charge is -2.22. The normalized spacial score (nSPS) is 9.57. The summed E-state index contributed by atoms with van der Waals surface area (Å²) in [6.45, 7) is 5.29. The Morgan fingerprint density at radius 1 is 1.43 bits per heavy atom. The molecular weight excluding hydrogens is 242 g/mol. The van der Waals surface area contributed by atoms with E-state index in [2.05, 4.69) is 22.5 Å². The standard InChI is InChI=1S/C10H12BrN3/c1-7(12)14(8(2)13)10-5-3-9(11)4-6-10/h3-6,13H,1,12H2,2H3. The van der Waals surface area contributed by atoms with E-state index in [1.54, 1.807) is 11.8 Å².